The van der Waals surface area contributed by atoms with Gasteiger partial charge in [-0.3, -0.25) is 4.79 Å². The van der Waals surface area contributed by atoms with Gasteiger partial charge in [-0.2, -0.15) is 0 Å². The Balaban J connectivity index is 0.00000117. The second kappa shape index (κ2) is 9.41. The van der Waals surface area contributed by atoms with Crippen molar-refractivity contribution in [2.45, 2.75) is 59.8 Å². The molecule has 162 valence electrons. The van der Waals surface area contributed by atoms with Crippen LogP contribution < -0.4 is 4.90 Å². The van der Waals surface area contributed by atoms with E-state index in [1.807, 2.05) is 31.1 Å². The zero-order chi connectivity index (χ0) is 21.0. The van der Waals surface area contributed by atoms with Crippen LogP contribution in [0.15, 0.2) is 12.4 Å². The van der Waals surface area contributed by atoms with E-state index in [-0.39, 0.29) is 5.91 Å². The van der Waals surface area contributed by atoms with Crippen molar-refractivity contribution in [1.29, 1.82) is 0 Å². The van der Waals surface area contributed by atoms with Crippen LogP contribution in [0, 0.1) is 11.3 Å². The number of hydrogen-bond donors (Lipinski definition) is 0. The number of carbonyl (C=O) groups is 1. The molecule has 1 atom stereocenters. The minimum absolute atomic E-state index is 0.229. The van der Waals surface area contributed by atoms with E-state index in [1.165, 1.54) is 38.2 Å². The molecular formula is C23H39N5O. The monoisotopic (exact) mass is 401 g/mol. The summed E-state index contributed by atoms with van der Waals surface area (Å²) in [6.07, 6.45) is 7.58. The quantitative estimate of drug-likeness (QED) is 0.757. The third kappa shape index (κ3) is 4.90. The maximum absolute atomic E-state index is 11.4. The van der Waals surface area contributed by atoms with Gasteiger partial charge in [0.2, 0.25) is 5.91 Å². The van der Waals surface area contributed by atoms with Crippen LogP contribution in [-0.4, -0.2) is 71.5 Å². The van der Waals surface area contributed by atoms with Gasteiger partial charge in [-0.05, 0) is 25.2 Å². The molecule has 1 aromatic heterocycles. The van der Waals surface area contributed by atoms with Crippen molar-refractivity contribution in [1.82, 2.24) is 19.8 Å². The molecule has 6 nitrogen and oxygen atoms in total. The highest BCUT2D eigenvalue weighted by Crippen LogP contribution is 2.40. The maximum Gasteiger partial charge on any atom is 0.219 e. The summed E-state index contributed by atoms with van der Waals surface area (Å²) in [6.45, 7) is 17.8. The minimum Gasteiger partial charge on any atom is -0.369 e. The average molecular weight is 402 g/mol. The van der Waals surface area contributed by atoms with Gasteiger partial charge in [0.15, 0.2) is 0 Å². The molecule has 3 saturated heterocycles. The first-order valence-electron chi connectivity index (χ1n) is 11.5. The Morgan fingerprint density at radius 3 is 2.24 bits per heavy atom. The highest BCUT2D eigenvalue weighted by Gasteiger charge is 2.52. The number of nitrogens with zero attached hydrogens (tertiary/aromatic N) is 5. The summed E-state index contributed by atoms with van der Waals surface area (Å²) in [7, 11) is 0. The second-order valence-corrected chi connectivity index (χ2v) is 9.08. The topological polar surface area (TPSA) is 52.6 Å². The van der Waals surface area contributed by atoms with Crippen LogP contribution in [0.1, 0.15) is 65.6 Å². The highest BCUT2D eigenvalue weighted by molar-refractivity contribution is 5.74. The van der Waals surface area contributed by atoms with E-state index in [9.17, 15) is 4.79 Å². The lowest BCUT2D eigenvalue weighted by molar-refractivity contribution is -0.157. The molecule has 1 unspecified atom stereocenters. The van der Waals surface area contributed by atoms with Gasteiger partial charge < -0.3 is 14.7 Å². The molecule has 6 heteroatoms. The van der Waals surface area contributed by atoms with E-state index < -0.39 is 0 Å². The van der Waals surface area contributed by atoms with Gasteiger partial charge >= 0.3 is 0 Å². The molecule has 4 heterocycles. The van der Waals surface area contributed by atoms with Crippen LogP contribution in [0.5, 0.6) is 0 Å². The number of anilines is 1. The Kier molecular flexibility index (Phi) is 7.14. The van der Waals surface area contributed by atoms with E-state index >= 15 is 0 Å². The number of piperidine rings is 1. The molecule has 0 bridgehead atoms. The molecule has 1 amide bonds. The van der Waals surface area contributed by atoms with Gasteiger partial charge in [0, 0.05) is 64.1 Å². The third-order valence-electron chi connectivity index (χ3n) is 6.82. The van der Waals surface area contributed by atoms with Gasteiger partial charge in [0.1, 0.15) is 5.82 Å². The van der Waals surface area contributed by atoms with Crippen molar-refractivity contribution >= 4 is 11.6 Å². The molecule has 3 aliphatic rings. The molecule has 3 aliphatic heterocycles. The zero-order valence-electron chi connectivity index (χ0n) is 19.0. The van der Waals surface area contributed by atoms with Crippen molar-refractivity contribution in [3.05, 3.63) is 18.2 Å². The molecule has 0 aliphatic carbocycles. The summed E-state index contributed by atoms with van der Waals surface area (Å²) >= 11 is 0. The maximum atomic E-state index is 11.4. The smallest absolute Gasteiger partial charge is 0.219 e. The van der Waals surface area contributed by atoms with Crippen molar-refractivity contribution in [3.8, 4) is 0 Å². The van der Waals surface area contributed by atoms with Gasteiger partial charge in [-0.25, -0.2) is 9.97 Å². The molecule has 4 rings (SSSR count). The van der Waals surface area contributed by atoms with Crippen LogP contribution >= 0.6 is 0 Å². The number of carbonyl (C=O) groups excluding carboxylic acids is 1. The molecule has 3 fully saturated rings. The zero-order valence-corrected chi connectivity index (χ0v) is 19.0. The average Bonchev–Trinajstić information content (AvgIpc) is 2.70. The molecule has 1 aromatic rings. The van der Waals surface area contributed by atoms with Crippen molar-refractivity contribution in [3.63, 3.8) is 0 Å². The lowest BCUT2D eigenvalue weighted by Gasteiger charge is -2.60. The molecular weight excluding hydrogens is 362 g/mol. The molecule has 0 radical (unpaired) electrons. The second-order valence-electron chi connectivity index (χ2n) is 9.08. The SMILES string of the molecule is CC.CCC(C)c1ncc(N2CCC(CN3CC4(C3)CN(C(C)=O)C4)CC2)cn1. The van der Waals surface area contributed by atoms with E-state index in [4.69, 9.17) is 0 Å². The highest BCUT2D eigenvalue weighted by atomic mass is 16.2. The number of amides is 1. The predicted molar refractivity (Wildman–Crippen MR) is 118 cm³/mol. The van der Waals surface area contributed by atoms with E-state index in [2.05, 4.69) is 33.6 Å². The summed E-state index contributed by atoms with van der Waals surface area (Å²) in [5, 5.41) is 0. The standard InChI is InChI=1S/C21H33N5O.C2H6/c1-4-16(2)20-22-9-19(10-23-20)25-7-5-18(6-8-25)11-24-12-21(13-24)14-26(15-21)17(3)27;1-2/h9-10,16,18H,4-8,11-15H2,1-3H3;1-2H3. The van der Waals surface area contributed by atoms with E-state index in [0.29, 0.717) is 11.3 Å². The predicted octanol–water partition coefficient (Wildman–Crippen LogP) is 3.40. The van der Waals surface area contributed by atoms with Crippen LogP contribution in [0.4, 0.5) is 5.69 Å². The van der Waals surface area contributed by atoms with E-state index in [1.54, 1.807) is 6.92 Å². The normalized spacial score (nSPS) is 22.4. The molecule has 1 spiro atoms. The minimum atomic E-state index is 0.229. The Morgan fingerprint density at radius 1 is 1.14 bits per heavy atom. The first-order valence-corrected chi connectivity index (χ1v) is 11.5. The van der Waals surface area contributed by atoms with Crippen LogP contribution in [0.3, 0.4) is 0 Å². The van der Waals surface area contributed by atoms with Gasteiger partial charge in [0.05, 0.1) is 18.1 Å². The van der Waals surface area contributed by atoms with Crippen molar-refractivity contribution in [2.75, 3.05) is 50.7 Å². The molecule has 0 saturated carbocycles. The first-order chi connectivity index (χ1) is 14.0. The Morgan fingerprint density at radius 2 is 1.72 bits per heavy atom. The fraction of sp³-hybridized carbons (Fsp3) is 0.783. The summed E-state index contributed by atoms with van der Waals surface area (Å²) in [5.41, 5.74) is 1.60. The number of rotatable bonds is 5. The number of likely N-dealkylation sites (tertiary alicyclic amines) is 2. The van der Waals surface area contributed by atoms with Crippen LogP contribution in [0.2, 0.25) is 0 Å². The van der Waals surface area contributed by atoms with Crippen molar-refractivity contribution < 1.29 is 4.79 Å². The lowest BCUT2D eigenvalue weighted by Crippen LogP contribution is -2.73. The molecule has 29 heavy (non-hydrogen) atoms. The summed E-state index contributed by atoms with van der Waals surface area (Å²) in [6, 6.07) is 0. The summed E-state index contributed by atoms with van der Waals surface area (Å²) < 4.78 is 0. The van der Waals surface area contributed by atoms with Crippen LogP contribution in [-0.2, 0) is 4.79 Å². The molecule has 0 aromatic carbocycles. The number of hydrogen-bond acceptors (Lipinski definition) is 5. The van der Waals surface area contributed by atoms with Gasteiger partial charge in [0.25, 0.3) is 0 Å². The van der Waals surface area contributed by atoms with Gasteiger partial charge in [-0.1, -0.05) is 27.7 Å². The number of aromatic nitrogens is 2. The fourth-order valence-electron chi connectivity index (χ4n) is 4.89. The summed E-state index contributed by atoms with van der Waals surface area (Å²) in [4.78, 5) is 27.5. The first kappa shape index (κ1) is 22.0. The third-order valence-corrected chi connectivity index (χ3v) is 6.82. The fourth-order valence-corrected chi connectivity index (χ4v) is 4.89. The Labute approximate surface area is 176 Å². The molecule has 0 N–H and O–H groups in total. The Bertz CT molecular complexity index is 654. The largest absolute Gasteiger partial charge is 0.369 e. The lowest BCUT2D eigenvalue weighted by atomic mass is 9.72. The van der Waals surface area contributed by atoms with Crippen molar-refractivity contribution in [2.24, 2.45) is 11.3 Å². The van der Waals surface area contributed by atoms with Crippen LogP contribution in [0.25, 0.3) is 0 Å². The Hall–Kier alpha value is -1.69. The van der Waals surface area contributed by atoms with E-state index in [0.717, 1.165) is 44.3 Å². The summed E-state index contributed by atoms with van der Waals surface area (Å²) in [5.74, 6) is 2.42. The van der Waals surface area contributed by atoms with Gasteiger partial charge in [-0.15, -0.1) is 0 Å².